The van der Waals surface area contributed by atoms with Gasteiger partial charge in [-0.3, -0.25) is 14.4 Å². The number of ether oxygens (including phenoxy) is 1. The summed E-state index contributed by atoms with van der Waals surface area (Å²) < 4.78 is 5.14. The molecule has 0 aromatic rings. The number of carboxylic acid groups (broad SMARTS) is 1. The molecule has 0 unspecified atom stereocenters. The number of morpholine rings is 1. The summed E-state index contributed by atoms with van der Waals surface area (Å²) in [5.74, 6) is -1.01. The van der Waals surface area contributed by atoms with Crippen molar-refractivity contribution < 1.29 is 24.2 Å². The summed E-state index contributed by atoms with van der Waals surface area (Å²) in [6, 6.07) is 0. The molecule has 19 heavy (non-hydrogen) atoms. The summed E-state index contributed by atoms with van der Waals surface area (Å²) >= 11 is 1.20. The number of likely N-dealkylation sites (N-methyl/N-ethyl adjacent to an activating group) is 1. The molecule has 1 saturated heterocycles. The summed E-state index contributed by atoms with van der Waals surface area (Å²) in [6.07, 6.45) is 0. The molecule has 108 valence electrons. The summed E-state index contributed by atoms with van der Waals surface area (Å²) in [6.45, 7) is 1.96. The number of amides is 2. The minimum atomic E-state index is -1.05. The van der Waals surface area contributed by atoms with Crippen molar-refractivity contribution in [3.8, 4) is 0 Å². The molecule has 1 heterocycles. The zero-order valence-corrected chi connectivity index (χ0v) is 11.6. The Morgan fingerprint density at radius 2 is 1.89 bits per heavy atom. The van der Waals surface area contributed by atoms with Gasteiger partial charge in [-0.25, -0.2) is 0 Å². The molecule has 7 nitrogen and oxygen atoms in total. The van der Waals surface area contributed by atoms with Crippen LogP contribution in [0.15, 0.2) is 0 Å². The molecule has 0 spiro atoms. The van der Waals surface area contributed by atoms with E-state index in [2.05, 4.69) is 0 Å². The van der Waals surface area contributed by atoms with Gasteiger partial charge in [-0.1, -0.05) is 0 Å². The Balaban J connectivity index is 2.20. The molecule has 0 aromatic carbocycles. The number of nitrogens with zero attached hydrogens (tertiary/aromatic N) is 2. The van der Waals surface area contributed by atoms with Gasteiger partial charge in [0.1, 0.15) is 6.54 Å². The number of aliphatic carboxylic acids is 1. The van der Waals surface area contributed by atoms with Crippen LogP contribution >= 0.6 is 11.8 Å². The van der Waals surface area contributed by atoms with Crippen LogP contribution in [0.1, 0.15) is 0 Å². The molecule has 0 radical (unpaired) electrons. The van der Waals surface area contributed by atoms with E-state index in [1.165, 1.54) is 18.8 Å². The first kappa shape index (κ1) is 15.8. The Morgan fingerprint density at radius 3 is 2.47 bits per heavy atom. The normalized spacial score (nSPS) is 15.1. The molecule has 1 aliphatic rings. The molecule has 0 atom stereocenters. The van der Waals surface area contributed by atoms with Crippen LogP contribution in [-0.4, -0.2) is 84.1 Å². The zero-order valence-electron chi connectivity index (χ0n) is 10.8. The summed E-state index contributed by atoms with van der Waals surface area (Å²) in [5, 5.41) is 8.54. The van der Waals surface area contributed by atoms with Crippen LogP contribution in [0.2, 0.25) is 0 Å². The van der Waals surface area contributed by atoms with Crippen molar-refractivity contribution in [1.82, 2.24) is 9.80 Å². The Hall–Kier alpha value is -1.28. The third-order valence-corrected chi connectivity index (χ3v) is 3.52. The molecule has 8 heteroatoms. The number of rotatable bonds is 6. The highest BCUT2D eigenvalue weighted by molar-refractivity contribution is 8.00. The molecule has 0 saturated carbocycles. The first-order valence-electron chi connectivity index (χ1n) is 5.89. The van der Waals surface area contributed by atoms with Gasteiger partial charge in [-0.15, -0.1) is 11.8 Å². The van der Waals surface area contributed by atoms with E-state index in [1.54, 1.807) is 4.90 Å². The molecule has 0 bridgehead atoms. The smallest absolute Gasteiger partial charge is 0.323 e. The van der Waals surface area contributed by atoms with Crippen molar-refractivity contribution in [3.63, 3.8) is 0 Å². The highest BCUT2D eigenvalue weighted by Crippen LogP contribution is 2.06. The van der Waals surface area contributed by atoms with Crippen LogP contribution in [0.3, 0.4) is 0 Å². The average molecular weight is 290 g/mol. The van der Waals surface area contributed by atoms with Crippen molar-refractivity contribution >= 4 is 29.5 Å². The van der Waals surface area contributed by atoms with Crippen LogP contribution in [0.4, 0.5) is 0 Å². The van der Waals surface area contributed by atoms with Crippen molar-refractivity contribution in [2.45, 2.75) is 0 Å². The molecule has 1 rings (SSSR count). The minimum absolute atomic E-state index is 0.0120. The van der Waals surface area contributed by atoms with Gasteiger partial charge in [0.05, 0.1) is 24.7 Å². The second kappa shape index (κ2) is 8.00. The maximum Gasteiger partial charge on any atom is 0.323 e. The fourth-order valence-electron chi connectivity index (χ4n) is 1.53. The summed E-state index contributed by atoms with van der Waals surface area (Å²) in [4.78, 5) is 36.6. The lowest BCUT2D eigenvalue weighted by molar-refractivity contribution is -0.142. The van der Waals surface area contributed by atoms with Gasteiger partial charge in [0.15, 0.2) is 0 Å². The Labute approximate surface area is 115 Å². The molecule has 1 aliphatic heterocycles. The molecule has 1 N–H and O–H groups in total. The van der Waals surface area contributed by atoms with E-state index in [9.17, 15) is 14.4 Å². The second-order valence-electron chi connectivity index (χ2n) is 4.13. The molecule has 0 aromatic heterocycles. The minimum Gasteiger partial charge on any atom is -0.480 e. The monoisotopic (exact) mass is 290 g/mol. The second-order valence-corrected chi connectivity index (χ2v) is 5.12. The van der Waals surface area contributed by atoms with Crippen molar-refractivity contribution in [1.29, 1.82) is 0 Å². The zero-order chi connectivity index (χ0) is 14.3. The van der Waals surface area contributed by atoms with E-state index >= 15 is 0 Å². The third kappa shape index (κ3) is 5.93. The first-order chi connectivity index (χ1) is 9.00. The standard InChI is InChI=1S/C11H18N2O5S/c1-12(6-11(16)17)9(14)7-19-8-10(15)13-2-4-18-5-3-13/h2-8H2,1H3,(H,16,17). The molecular weight excluding hydrogens is 272 g/mol. The fourth-order valence-corrected chi connectivity index (χ4v) is 2.39. The Kier molecular flexibility index (Phi) is 6.65. The number of carboxylic acids is 1. The van der Waals surface area contributed by atoms with Crippen molar-refractivity contribution in [3.05, 3.63) is 0 Å². The quantitative estimate of drug-likeness (QED) is 0.683. The van der Waals surface area contributed by atoms with Crippen LogP contribution in [0.25, 0.3) is 0 Å². The first-order valence-corrected chi connectivity index (χ1v) is 7.05. The largest absolute Gasteiger partial charge is 0.480 e. The third-order valence-electron chi connectivity index (χ3n) is 2.61. The molecule has 0 aliphatic carbocycles. The lowest BCUT2D eigenvalue weighted by Gasteiger charge is -2.26. The van der Waals surface area contributed by atoms with Crippen LogP contribution in [0.5, 0.6) is 0 Å². The lowest BCUT2D eigenvalue weighted by atomic mass is 10.4. The van der Waals surface area contributed by atoms with Gasteiger partial charge in [0, 0.05) is 20.1 Å². The number of carbonyl (C=O) groups excluding carboxylic acids is 2. The molecule has 2 amide bonds. The van der Waals surface area contributed by atoms with Crippen LogP contribution in [0, 0.1) is 0 Å². The Morgan fingerprint density at radius 1 is 1.26 bits per heavy atom. The van der Waals surface area contributed by atoms with Crippen molar-refractivity contribution in [2.24, 2.45) is 0 Å². The predicted molar refractivity (Wildman–Crippen MR) is 70.0 cm³/mol. The predicted octanol–water partition coefficient (Wildman–Crippen LogP) is -0.879. The van der Waals surface area contributed by atoms with Crippen molar-refractivity contribution in [2.75, 3.05) is 51.4 Å². The van der Waals surface area contributed by atoms with Gasteiger partial charge in [0.2, 0.25) is 11.8 Å². The SMILES string of the molecule is CN(CC(=O)O)C(=O)CSCC(=O)N1CCOCC1. The van der Waals surface area contributed by atoms with Gasteiger partial charge in [-0.2, -0.15) is 0 Å². The highest BCUT2D eigenvalue weighted by atomic mass is 32.2. The van der Waals surface area contributed by atoms with Gasteiger partial charge in [-0.05, 0) is 0 Å². The molecular formula is C11H18N2O5S. The van der Waals surface area contributed by atoms with Crippen LogP contribution < -0.4 is 0 Å². The van der Waals surface area contributed by atoms with Gasteiger partial charge >= 0.3 is 5.97 Å². The summed E-state index contributed by atoms with van der Waals surface area (Å²) in [5.41, 5.74) is 0. The van der Waals surface area contributed by atoms with Crippen LogP contribution in [-0.2, 0) is 19.1 Å². The van der Waals surface area contributed by atoms with Gasteiger partial charge in [0.25, 0.3) is 0 Å². The van der Waals surface area contributed by atoms with E-state index in [0.29, 0.717) is 26.3 Å². The molecule has 1 fully saturated rings. The fraction of sp³-hybridized carbons (Fsp3) is 0.727. The lowest BCUT2D eigenvalue weighted by Crippen LogP contribution is -2.41. The van der Waals surface area contributed by atoms with E-state index in [-0.39, 0.29) is 29.9 Å². The maximum absolute atomic E-state index is 11.8. The van der Waals surface area contributed by atoms with E-state index < -0.39 is 5.97 Å². The maximum atomic E-state index is 11.8. The van der Waals surface area contributed by atoms with E-state index in [4.69, 9.17) is 9.84 Å². The number of hydrogen-bond acceptors (Lipinski definition) is 5. The highest BCUT2D eigenvalue weighted by Gasteiger charge is 2.18. The van der Waals surface area contributed by atoms with E-state index in [1.807, 2.05) is 0 Å². The van der Waals surface area contributed by atoms with Gasteiger partial charge < -0.3 is 19.6 Å². The van der Waals surface area contributed by atoms with E-state index in [0.717, 1.165) is 4.90 Å². The summed E-state index contributed by atoms with van der Waals surface area (Å²) in [7, 11) is 1.43. The topological polar surface area (TPSA) is 87.2 Å². The number of carbonyl (C=O) groups is 3. The number of thioether (sulfide) groups is 1. The number of hydrogen-bond donors (Lipinski definition) is 1. The Bertz CT molecular complexity index is 344. The average Bonchev–Trinajstić information content (AvgIpc) is 2.38.